The van der Waals surface area contributed by atoms with Crippen molar-refractivity contribution in [2.75, 3.05) is 7.11 Å². The molecule has 19 heavy (non-hydrogen) atoms. The normalized spacial score (nSPS) is 12.4. The first-order valence-corrected chi connectivity index (χ1v) is 7.20. The van der Waals surface area contributed by atoms with Crippen molar-refractivity contribution in [3.63, 3.8) is 0 Å². The van der Waals surface area contributed by atoms with Crippen molar-refractivity contribution in [3.05, 3.63) is 28.5 Å². The van der Waals surface area contributed by atoms with Crippen LogP contribution in [0.4, 0.5) is 0 Å². The summed E-state index contributed by atoms with van der Waals surface area (Å²) in [7, 11) is 1.60. The molecule has 1 heterocycles. The zero-order valence-electron chi connectivity index (χ0n) is 10.7. The second kappa shape index (κ2) is 6.39. The maximum absolute atomic E-state index is 6.19. The number of nitrogens with zero attached hydrogens (tertiary/aromatic N) is 2. The van der Waals surface area contributed by atoms with E-state index in [1.807, 2.05) is 18.2 Å². The molecule has 0 bridgehead atoms. The molecular formula is C13H14BrClN2O2. The van der Waals surface area contributed by atoms with Gasteiger partial charge in [0.15, 0.2) is 5.82 Å². The number of ether oxygens (including phenoxy) is 1. The maximum Gasteiger partial charge on any atom is 0.261 e. The number of methoxy groups -OCH3 is 1. The number of aromatic nitrogens is 2. The van der Waals surface area contributed by atoms with Gasteiger partial charge in [0.25, 0.3) is 5.89 Å². The van der Waals surface area contributed by atoms with Crippen LogP contribution in [-0.4, -0.2) is 17.3 Å². The zero-order chi connectivity index (χ0) is 13.8. The minimum atomic E-state index is -0.222. The molecule has 0 aliphatic heterocycles. The van der Waals surface area contributed by atoms with Crippen molar-refractivity contribution < 1.29 is 9.26 Å². The Balaban J connectivity index is 2.34. The van der Waals surface area contributed by atoms with Crippen LogP contribution in [-0.2, 0) is 0 Å². The van der Waals surface area contributed by atoms with Crippen molar-refractivity contribution in [2.24, 2.45) is 0 Å². The van der Waals surface area contributed by atoms with Gasteiger partial charge in [-0.05, 0) is 24.6 Å². The molecule has 1 aromatic carbocycles. The van der Waals surface area contributed by atoms with Gasteiger partial charge in [-0.25, -0.2) is 0 Å². The van der Waals surface area contributed by atoms with Gasteiger partial charge in [0, 0.05) is 4.47 Å². The van der Waals surface area contributed by atoms with E-state index in [1.54, 1.807) is 7.11 Å². The number of halogens is 2. The van der Waals surface area contributed by atoms with Gasteiger partial charge >= 0.3 is 0 Å². The van der Waals surface area contributed by atoms with Crippen LogP contribution in [0.25, 0.3) is 11.5 Å². The standard InChI is InChI=1S/C13H14BrClN2O2/c1-3-4-10(15)12-16-13(19-17-12)9-7-8(14)5-6-11(9)18-2/h5-7,10H,3-4H2,1-2H3. The first kappa shape index (κ1) is 14.3. The second-order valence-corrected chi connectivity index (χ2v) is 5.50. The third-order valence-corrected chi connectivity index (χ3v) is 3.56. The Kier molecular flexibility index (Phi) is 4.82. The Hall–Kier alpha value is -1.07. The summed E-state index contributed by atoms with van der Waals surface area (Å²) < 4.78 is 11.5. The molecule has 6 heteroatoms. The van der Waals surface area contributed by atoms with Gasteiger partial charge in [-0.3, -0.25) is 0 Å². The van der Waals surface area contributed by atoms with E-state index in [1.165, 1.54) is 0 Å². The molecule has 0 N–H and O–H groups in total. The molecular weight excluding hydrogens is 332 g/mol. The van der Waals surface area contributed by atoms with Gasteiger partial charge in [0.05, 0.1) is 18.1 Å². The summed E-state index contributed by atoms with van der Waals surface area (Å²) >= 11 is 9.60. The van der Waals surface area contributed by atoms with Crippen molar-refractivity contribution >= 4 is 27.5 Å². The Morgan fingerprint density at radius 2 is 2.26 bits per heavy atom. The molecule has 2 aromatic rings. The van der Waals surface area contributed by atoms with E-state index < -0.39 is 0 Å². The summed E-state index contributed by atoms with van der Waals surface area (Å²) in [6.45, 7) is 2.06. The molecule has 0 amide bonds. The van der Waals surface area contributed by atoms with E-state index in [9.17, 15) is 0 Å². The number of hydrogen-bond acceptors (Lipinski definition) is 4. The van der Waals surface area contributed by atoms with Crippen LogP contribution in [0.1, 0.15) is 31.0 Å². The minimum absolute atomic E-state index is 0.222. The summed E-state index contributed by atoms with van der Waals surface area (Å²) in [5.41, 5.74) is 0.746. The van der Waals surface area contributed by atoms with Gasteiger partial charge in [0.1, 0.15) is 5.75 Å². The molecule has 1 atom stereocenters. The third-order valence-electron chi connectivity index (χ3n) is 2.66. The molecule has 1 unspecified atom stereocenters. The second-order valence-electron chi connectivity index (χ2n) is 4.06. The summed E-state index contributed by atoms with van der Waals surface area (Å²) in [5.74, 6) is 1.61. The lowest BCUT2D eigenvalue weighted by atomic mass is 10.2. The Morgan fingerprint density at radius 1 is 1.47 bits per heavy atom. The van der Waals surface area contributed by atoms with Crippen LogP contribution in [0.5, 0.6) is 5.75 Å². The lowest BCUT2D eigenvalue weighted by molar-refractivity contribution is 0.402. The highest BCUT2D eigenvalue weighted by Crippen LogP contribution is 2.33. The van der Waals surface area contributed by atoms with E-state index >= 15 is 0 Å². The molecule has 1 aromatic heterocycles. The minimum Gasteiger partial charge on any atom is -0.496 e. The van der Waals surface area contributed by atoms with Crippen molar-refractivity contribution in [1.82, 2.24) is 10.1 Å². The lowest BCUT2D eigenvalue weighted by Crippen LogP contribution is -1.93. The average Bonchev–Trinajstić information content (AvgIpc) is 2.88. The summed E-state index contributed by atoms with van der Waals surface area (Å²) in [6, 6.07) is 5.60. The number of alkyl halides is 1. The molecule has 0 saturated carbocycles. The maximum atomic E-state index is 6.19. The first-order chi connectivity index (χ1) is 9.15. The fraction of sp³-hybridized carbons (Fsp3) is 0.385. The van der Waals surface area contributed by atoms with Gasteiger partial charge in [-0.15, -0.1) is 11.6 Å². The number of benzene rings is 1. The van der Waals surface area contributed by atoms with E-state index in [0.29, 0.717) is 17.5 Å². The first-order valence-electron chi connectivity index (χ1n) is 5.97. The molecule has 0 spiro atoms. The van der Waals surface area contributed by atoms with Crippen LogP contribution in [0, 0.1) is 0 Å². The Labute approximate surface area is 125 Å². The zero-order valence-corrected chi connectivity index (χ0v) is 13.0. The number of hydrogen-bond donors (Lipinski definition) is 0. The summed E-state index contributed by atoms with van der Waals surface area (Å²) in [5, 5.41) is 3.71. The molecule has 0 radical (unpaired) electrons. The fourth-order valence-electron chi connectivity index (χ4n) is 1.70. The van der Waals surface area contributed by atoms with Crippen molar-refractivity contribution in [3.8, 4) is 17.2 Å². The predicted octanol–water partition coefficient (Wildman–Crippen LogP) is 4.59. The molecule has 2 rings (SSSR count). The molecule has 102 valence electrons. The van der Waals surface area contributed by atoms with Gasteiger partial charge in [0.2, 0.25) is 0 Å². The summed E-state index contributed by atoms with van der Waals surface area (Å²) in [4.78, 5) is 4.34. The Bertz CT molecular complexity index is 559. The SMILES string of the molecule is CCCC(Cl)c1noc(-c2cc(Br)ccc2OC)n1. The van der Waals surface area contributed by atoms with Crippen molar-refractivity contribution in [2.45, 2.75) is 25.1 Å². The van der Waals surface area contributed by atoms with E-state index in [2.05, 4.69) is 33.0 Å². The quantitative estimate of drug-likeness (QED) is 0.744. The predicted molar refractivity (Wildman–Crippen MR) is 77.5 cm³/mol. The van der Waals surface area contributed by atoms with Gasteiger partial charge in [-0.2, -0.15) is 4.98 Å². The van der Waals surface area contributed by atoms with Crippen LogP contribution in [0.15, 0.2) is 27.2 Å². The molecule has 0 fully saturated rings. The van der Waals surface area contributed by atoms with Crippen molar-refractivity contribution in [1.29, 1.82) is 0 Å². The highest BCUT2D eigenvalue weighted by molar-refractivity contribution is 9.10. The molecule has 0 aliphatic rings. The Morgan fingerprint density at radius 3 is 2.95 bits per heavy atom. The van der Waals surface area contributed by atoms with E-state index in [0.717, 1.165) is 22.9 Å². The van der Waals surface area contributed by atoms with Crippen LogP contribution in [0.3, 0.4) is 0 Å². The monoisotopic (exact) mass is 344 g/mol. The van der Waals surface area contributed by atoms with Crippen LogP contribution >= 0.6 is 27.5 Å². The van der Waals surface area contributed by atoms with Gasteiger partial charge < -0.3 is 9.26 Å². The highest BCUT2D eigenvalue weighted by Gasteiger charge is 2.18. The number of rotatable bonds is 5. The third kappa shape index (κ3) is 3.28. The van der Waals surface area contributed by atoms with Crippen LogP contribution in [0.2, 0.25) is 0 Å². The molecule has 0 saturated heterocycles. The average molecular weight is 346 g/mol. The lowest BCUT2D eigenvalue weighted by Gasteiger charge is -2.04. The fourth-order valence-corrected chi connectivity index (χ4v) is 2.37. The van der Waals surface area contributed by atoms with Crippen LogP contribution < -0.4 is 4.74 Å². The highest BCUT2D eigenvalue weighted by atomic mass is 79.9. The van der Waals surface area contributed by atoms with Gasteiger partial charge in [-0.1, -0.05) is 34.4 Å². The summed E-state index contributed by atoms with van der Waals surface area (Å²) in [6.07, 6.45) is 1.79. The van der Waals surface area contributed by atoms with E-state index in [4.69, 9.17) is 20.9 Å². The largest absolute Gasteiger partial charge is 0.496 e. The molecule has 4 nitrogen and oxygen atoms in total. The smallest absolute Gasteiger partial charge is 0.261 e. The van der Waals surface area contributed by atoms with E-state index in [-0.39, 0.29) is 5.38 Å². The molecule has 0 aliphatic carbocycles. The topological polar surface area (TPSA) is 48.2 Å².